The van der Waals surface area contributed by atoms with Gasteiger partial charge >= 0.3 is 0 Å². The normalized spacial score (nSPS) is 15.3. The Kier molecular flexibility index (Phi) is 6.16. The lowest BCUT2D eigenvalue weighted by Gasteiger charge is -2.30. The molecule has 1 aliphatic heterocycles. The maximum Gasteiger partial charge on any atom is 0.241 e. The molecule has 0 saturated carbocycles. The van der Waals surface area contributed by atoms with Gasteiger partial charge in [-0.1, -0.05) is 35.0 Å². The number of hydrogen-bond donors (Lipinski definition) is 1. The van der Waals surface area contributed by atoms with Crippen LogP contribution in [0.3, 0.4) is 0 Å². The van der Waals surface area contributed by atoms with Crippen molar-refractivity contribution in [2.75, 3.05) is 18.4 Å². The summed E-state index contributed by atoms with van der Waals surface area (Å²) in [4.78, 5) is 19.5. The fraction of sp³-hybridized carbons (Fsp3) is 0.348. The zero-order valence-electron chi connectivity index (χ0n) is 17.2. The monoisotopic (exact) mass is 424 g/mol. The van der Waals surface area contributed by atoms with Gasteiger partial charge < -0.3 is 9.84 Å². The number of likely N-dealkylation sites (tertiary alicyclic amines) is 1. The highest BCUT2D eigenvalue weighted by Gasteiger charge is 2.26. The molecule has 2 aromatic carbocycles. The predicted molar refractivity (Wildman–Crippen MR) is 117 cm³/mol. The number of halogens is 1. The number of para-hydroxylation sites is 1. The van der Waals surface area contributed by atoms with E-state index in [1.54, 1.807) is 12.1 Å². The number of carbonyl (C=O) groups is 1. The fourth-order valence-corrected chi connectivity index (χ4v) is 3.94. The number of hydrogen-bond acceptors (Lipinski definition) is 5. The molecule has 0 unspecified atom stereocenters. The number of piperidine rings is 1. The molecule has 156 valence electrons. The van der Waals surface area contributed by atoms with Crippen molar-refractivity contribution in [3.63, 3.8) is 0 Å². The molecular weight excluding hydrogens is 400 g/mol. The second-order valence-electron chi connectivity index (χ2n) is 7.83. The molecule has 1 fully saturated rings. The Balaban J connectivity index is 1.31. The van der Waals surface area contributed by atoms with Gasteiger partial charge in [0.1, 0.15) is 0 Å². The maximum absolute atomic E-state index is 12.7. The van der Waals surface area contributed by atoms with Crippen LogP contribution < -0.4 is 5.32 Å². The van der Waals surface area contributed by atoms with Gasteiger partial charge in [0, 0.05) is 22.2 Å². The molecular formula is C23H25ClN4O2. The van der Waals surface area contributed by atoms with Gasteiger partial charge in [-0.05, 0) is 75.2 Å². The Morgan fingerprint density at radius 1 is 1.13 bits per heavy atom. The number of nitrogens with zero attached hydrogens (tertiary/aromatic N) is 3. The van der Waals surface area contributed by atoms with Gasteiger partial charge in [-0.3, -0.25) is 9.69 Å². The summed E-state index contributed by atoms with van der Waals surface area (Å²) in [6.45, 7) is 6.28. The topological polar surface area (TPSA) is 71.3 Å². The van der Waals surface area contributed by atoms with Crippen molar-refractivity contribution in [3.8, 4) is 11.4 Å². The van der Waals surface area contributed by atoms with Crippen LogP contribution in [0, 0.1) is 19.8 Å². The highest BCUT2D eigenvalue weighted by molar-refractivity contribution is 6.30. The van der Waals surface area contributed by atoms with Crippen LogP contribution in [0.25, 0.3) is 11.4 Å². The SMILES string of the molecule is Cc1cccc(C)c1NC(=O)C1CCN(Cc2nc(-c3ccc(Cl)cc3)no2)CC1. The Morgan fingerprint density at radius 3 is 2.47 bits per heavy atom. The van der Waals surface area contributed by atoms with Gasteiger partial charge in [-0.15, -0.1) is 0 Å². The van der Waals surface area contributed by atoms with E-state index < -0.39 is 0 Å². The van der Waals surface area contributed by atoms with Crippen molar-refractivity contribution in [3.05, 3.63) is 64.5 Å². The van der Waals surface area contributed by atoms with E-state index in [1.807, 2.05) is 44.2 Å². The van der Waals surface area contributed by atoms with Crippen molar-refractivity contribution >= 4 is 23.2 Å². The molecule has 0 spiro atoms. The molecule has 1 N–H and O–H groups in total. The standard InChI is InChI=1S/C23H25ClN4O2/c1-15-4-3-5-16(2)21(15)26-23(29)18-10-12-28(13-11-18)14-20-25-22(27-30-20)17-6-8-19(24)9-7-17/h3-9,18H,10-14H2,1-2H3,(H,26,29). The van der Waals surface area contributed by atoms with E-state index in [4.69, 9.17) is 16.1 Å². The van der Waals surface area contributed by atoms with Crippen LogP contribution in [0.2, 0.25) is 5.02 Å². The summed E-state index contributed by atoms with van der Waals surface area (Å²) in [5, 5.41) is 7.87. The lowest BCUT2D eigenvalue weighted by atomic mass is 9.95. The third-order valence-corrected chi connectivity index (χ3v) is 5.87. The Hall–Kier alpha value is -2.70. The van der Waals surface area contributed by atoms with E-state index in [9.17, 15) is 4.79 Å². The molecule has 0 atom stereocenters. The first kappa shape index (κ1) is 20.6. The van der Waals surface area contributed by atoms with Crippen molar-refractivity contribution in [2.24, 2.45) is 5.92 Å². The Labute approximate surface area is 181 Å². The number of nitrogens with one attached hydrogen (secondary N) is 1. The molecule has 3 aromatic rings. The average molecular weight is 425 g/mol. The summed E-state index contributed by atoms with van der Waals surface area (Å²) >= 11 is 5.93. The molecule has 1 amide bonds. The largest absolute Gasteiger partial charge is 0.338 e. The fourth-order valence-electron chi connectivity index (χ4n) is 3.82. The van der Waals surface area contributed by atoms with Crippen molar-refractivity contribution in [2.45, 2.75) is 33.2 Å². The summed E-state index contributed by atoms with van der Waals surface area (Å²) < 4.78 is 5.42. The van der Waals surface area contributed by atoms with Gasteiger partial charge in [0.05, 0.1) is 6.54 Å². The highest BCUT2D eigenvalue weighted by Crippen LogP contribution is 2.25. The summed E-state index contributed by atoms with van der Waals surface area (Å²) in [6.07, 6.45) is 1.63. The van der Waals surface area contributed by atoms with Crippen LogP contribution in [0.1, 0.15) is 29.9 Å². The number of benzene rings is 2. The van der Waals surface area contributed by atoms with Crippen molar-refractivity contribution in [1.29, 1.82) is 0 Å². The smallest absolute Gasteiger partial charge is 0.241 e. The van der Waals surface area contributed by atoms with Gasteiger partial charge in [-0.2, -0.15) is 4.98 Å². The molecule has 0 bridgehead atoms. The van der Waals surface area contributed by atoms with E-state index in [2.05, 4.69) is 20.4 Å². The van der Waals surface area contributed by atoms with Gasteiger partial charge in [0.15, 0.2) is 0 Å². The molecule has 7 heteroatoms. The second kappa shape index (κ2) is 8.98. The zero-order chi connectivity index (χ0) is 21.1. The zero-order valence-corrected chi connectivity index (χ0v) is 17.9. The van der Waals surface area contributed by atoms with Crippen LogP contribution in [-0.4, -0.2) is 34.0 Å². The molecule has 0 radical (unpaired) electrons. The molecule has 30 heavy (non-hydrogen) atoms. The van der Waals surface area contributed by atoms with Crippen molar-refractivity contribution < 1.29 is 9.32 Å². The summed E-state index contributed by atoms with van der Waals surface area (Å²) in [6, 6.07) is 13.4. The molecule has 1 saturated heterocycles. The summed E-state index contributed by atoms with van der Waals surface area (Å²) in [7, 11) is 0. The first-order valence-electron chi connectivity index (χ1n) is 10.2. The van der Waals surface area contributed by atoms with Gasteiger partial charge in [-0.25, -0.2) is 0 Å². The van der Waals surface area contributed by atoms with E-state index in [1.165, 1.54) is 0 Å². The lowest BCUT2D eigenvalue weighted by Crippen LogP contribution is -2.38. The van der Waals surface area contributed by atoms with Gasteiger partial charge in [0.2, 0.25) is 17.6 Å². The number of anilines is 1. The van der Waals surface area contributed by atoms with Crippen LogP contribution in [-0.2, 0) is 11.3 Å². The molecule has 2 heterocycles. The quantitative estimate of drug-likeness (QED) is 0.633. The Bertz CT molecular complexity index is 1000. The highest BCUT2D eigenvalue weighted by atomic mass is 35.5. The molecule has 1 aromatic heterocycles. The van der Waals surface area contributed by atoms with Crippen LogP contribution in [0.5, 0.6) is 0 Å². The number of carbonyl (C=O) groups excluding carboxylic acids is 1. The van der Waals surface area contributed by atoms with Crippen LogP contribution in [0.4, 0.5) is 5.69 Å². The minimum atomic E-state index is 0.0209. The van der Waals surface area contributed by atoms with E-state index in [0.717, 1.165) is 48.3 Å². The third kappa shape index (κ3) is 4.71. The number of amides is 1. The van der Waals surface area contributed by atoms with E-state index in [0.29, 0.717) is 23.3 Å². The summed E-state index contributed by atoms with van der Waals surface area (Å²) in [5.74, 6) is 1.27. The maximum atomic E-state index is 12.7. The number of aryl methyl sites for hydroxylation is 2. The van der Waals surface area contributed by atoms with Gasteiger partial charge in [0.25, 0.3) is 0 Å². The van der Waals surface area contributed by atoms with Crippen LogP contribution in [0.15, 0.2) is 47.0 Å². The molecule has 6 nitrogen and oxygen atoms in total. The Morgan fingerprint density at radius 2 is 1.80 bits per heavy atom. The average Bonchev–Trinajstić information content (AvgIpc) is 3.20. The lowest BCUT2D eigenvalue weighted by molar-refractivity contribution is -0.121. The minimum Gasteiger partial charge on any atom is -0.338 e. The molecule has 1 aliphatic rings. The summed E-state index contributed by atoms with van der Waals surface area (Å²) in [5.41, 5.74) is 3.99. The first-order chi connectivity index (χ1) is 14.5. The van der Waals surface area contributed by atoms with E-state index in [-0.39, 0.29) is 11.8 Å². The number of rotatable bonds is 5. The minimum absolute atomic E-state index is 0.0209. The van der Waals surface area contributed by atoms with E-state index >= 15 is 0 Å². The molecule has 4 rings (SSSR count). The van der Waals surface area contributed by atoms with Crippen LogP contribution >= 0.6 is 11.6 Å². The molecule has 0 aliphatic carbocycles. The first-order valence-corrected chi connectivity index (χ1v) is 10.6. The third-order valence-electron chi connectivity index (χ3n) is 5.62. The number of aromatic nitrogens is 2. The van der Waals surface area contributed by atoms with Crippen molar-refractivity contribution in [1.82, 2.24) is 15.0 Å². The predicted octanol–water partition coefficient (Wildman–Crippen LogP) is 4.86. The second-order valence-corrected chi connectivity index (χ2v) is 8.26.